The van der Waals surface area contributed by atoms with Crippen LogP contribution in [0.25, 0.3) is 0 Å². The summed E-state index contributed by atoms with van der Waals surface area (Å²) in [5, 5.41) is 23.1. The summed E-state index contributed by atoms with van der Waals surface area (Å²) in [7, 11) is 0. The van der Waals surface area contributed by atoms with E-state index in [1.807, 2.05) is 0 Å². The zero-order chi connectivity index (χ0) is 16.0. The first-order valence-electron chi connectivity index (χ1n) is 5.71. The molecule has 0 fully saturated rings. The van der Waals surface area contributed by atoms with Gasteiger partial charge in [0.15, 0.2) is 0 Å². The molecule has 3 N–H and O–H groups in total. The molecule has 0 saturated heterocycles. The number of amides is 1. The highest BCUT2D eigenvalue weighted by atomic mass is 35.5. The summed E-state index contributed by atoms with van der Waals surface area (Å²) in [6.07, 6.45) is 1.11. The Morgan fingerprint density at radius 1 is 1.38 bits per heavy atom. The second-order valence-electron chi connectivity index (χ2n) is 3.94. The summed E-state index contributed by atoms with van der Waals surface area (Å²) < 4.78 is 0. The zero-order valence-electron chi connectivity index (χ0n) is 10.9. The second-order valence-corrected chi connectivity index (χ2v) is 4.76. The van der Waals surface area contributed by atoms with E-state index in [1.165, 1.54) is 6.92 Å². The smallest absolute Gasteiger partial charge is 0.325 e. The number of para-hydroxylation sites is 1. The van der Waals surface area contributed by atoms with E-state index in [0.717, 1.165) is 6.20 Å². The minimum absolute atomic E-state index is 0.306. The molecule has 0 spiro atoms. The van der Waals surface area contributed by atoms with Crippen molar-refractivity contribution in [3.63, 3.8) is 0 Å². The SMILES string of the molecule is CC(NC(=O)/C(C#N)=C\Nc1c(Cl)cccc1Cl)C(=O)O. The first-order valence-corrected chi connectivity index (χ1v) is 6.47. The normalized spacial score (nSPS) is 12.2. The molecule has 0 aromatic heterocycles. The van der Waals surface area contributed by atoms with Gasteiger partial charge in [0.05, 0.1) is 15.7 Å². The molecule has 21 heavy (non-hydrogen) atoms. The number of nitrogens with zero attached hydrogens (tertiary/aromatic N) is 1. The summed E-state index contributed by atoms with van der Waals surface area (Å²) in [6.45, 7) is 1.29. The monoisotopic (exact) mass is 327 g/mol. The van der Waals surface area contributed by atoms with Crippen LogP contribution in [0, 0.1) is 11.3 Å². The Kier molecular flexibility index (Phi) is 6.03. The van der Waals surface area contributed by atoms with Crippen LogP contribution in [0.3, 0.4) is 0 Å². The maximum absolute atomic E-state index is 11.7. The summed E-state index contributed by atoms with van der Waals surface area (Å²) in [6, 6.07) is 5.37. The van der Waals surface area contributed by atoms with Crippen LogP contribution in [0.4, 0.5) is 5.69 Å². The van der Waals surface area contributed by atoms with Crippen molar-refractivity contribution >= 4 is 40.8 Å². The molecule has 1 atom stereocenters. The standard InChI is InChI=1S/C13H11Cl2N3O3/c1-7(13(20)21)18-12(19)8(5-16)6-17-11-9(14)3-2-4-10(11)15/h2-4,6-7,17H,1H3,(H,18,19)(H,20,21)/b8-6-. The van der Waals surface area contributed by atoms with Crippen LogP contribution in [0.2, 0.25) is 10.0 Å². The largest absolute Gasteiger partial charge is 0.480 e. The van der Waals surface area contributed by atoms with Crippen molar-refractivity contribution in [2.24, 2.45) is 0 Å². The predicted octanol–water partition coefficient (Wildman–Crippen LogP) is 2.40. The number of halogens is 2. The zero-order valence-corrected chi connectivity index (χ0v) is 12.4. The average molecular weight is 328 g/mol. The molecule has 1 aromatic rings. The van der Waals surface area contributed by atoms with Crippen molar-refractivity contribution in [2.75, 3.05) is 5.32 Å². The summed E-state index contributed by atoms with van der Waals surface area (Å²) in [5.41, 5.74) is 0.0340. The van der Waals surface area contributed by atoms with Gasteiger partial charge in [-0.25, -0.2) is 0 Å². The van der Waals surface area contributed by atoms with Crippen LogP contribution in [0.5, 0.6) is 0 Å². The Morgan fingerprint density at radius 2 is 1.95 bits per heavy atom. The summed E-state index contributed by atoms with van der Waals surface area (Å²) in [5.74, 6) is -2.02. The van der Waals surface area contributed by atoms with E-state index in [9.17, 15) is 9.59 Å². The maximum Gasteiger partial charge on any atom is 0.325 e. The van der Waals surface area contributed by atoms with E-state index in [2.05, 4.69) is 10.6 Å². The number of rotatable bonds is 5. The fourth-order valence-corrected chi connectivity index (χ4v) is 1.77. The predicted molar refractivity (Wildman–Crippen MR) is 79.0 cm³/mol. The van der Waals surface area contributed by atoms with Crippen LogP contribution in [-0.2, 0) is 9.59 Å². The van der Waals surface area contributed by atoms with E-state index >= 15 is 0 Å². The molecular formula is C13H11Cl2N3O3. The van der Waals surface area contributed by atoms with Crippen molar-refractivity contribution in [1.29, 1.82) is 5.26 Å². The molecule has 110 valence electrons. The fourth-order valence-electron chi connectivity index (χ4n) is 1.26. The number of anilines is 1. The van der Waals surface area contributed by atoms with Crippen LogP contribution in [-0.4, -0.2) is 23.0 Å². The van der Waals surface area contributed by atoms with E-state index in [1.54, 1.807) is 24.3 Å². The summed E-state index contributed by atoms with van der Waals surface area (Å²) >= 11 is 11.8. The molecule has 1 aromatic carbocycles. The molecule has 1 unspecified atom stereocenters. The van der Waals surface area contributed by atoms with Crippen molar-refractivity contribution in [1.82, 2.24) is 5.32 Å². The van der Waals surface area contributed by atoms with Gasteiger partial charge in [-0.05, 0) is 19.1 Å². The number of benzene rings is 1. The molecule has 0 aliphatic carbocycles. The number of hydrogen-bond acceptors (Lipinski definition) is 4. The number of nitriles is 1. The number of hydrogen-bond donors (Lipinski definition) is 3. The Labute approximate surface area is 131 Å². The molecule has 0 heterocycles. The lowest BCUT2D eigenvalue weighted by atomic mass is 10.2. The number of carbonyl (C=O) groups excluding carboxylic acids is 1. The van der Waals surface area contributed by atoms with Gasteiger partial charge < -0.3 is 15.7 Å². The second kappa shape index (κ2) is 7.53. The minimum atomic E-state index is -1.21. The lowest BCUT2D eigenvalue weighted by Gasteiger charge is -2.09. The van der Waals surface area contributed by atoms with E-state index in [-0.39, 0.29) is 5.57 Å². The van der Waals surface area contributed by atoms with Gasteiger partial charge in [-0.15, -0.1) is 0 Å². The van der Waals surface area contributed by atoms with Gasteiger partial charge in [0.1, 0.15) is 17.7 Å². The van der Waals surface area contributed by atoms with Gasteiger partial charge in [0.2, 0.25) is 0 Å². The van der Waals surface area contributed by atoms with Gasteiger partial charge in [-0.2, -0.15) is 5.26 Å². The Morgan fingerprint density at radius 3 is 2.43 bits per heavy atom. The third-order valence-corrected chi connectivity index (χ3v) is 3.04. The van der Waals surface area contributed by atoms with Crippen LogP contribution < -0.4 is 10.6 Å². The molecule has 8 heteroatoms. The number of carboxylic acid groups (broad SMARTS) is 1. The number of aliphatic carboxylic acids is 1. The Balaban J connectivity index is 2.88. The molecule has 0 aliphatic rings. The summed E-state index contributed by atoms with van der Waals surface area (Å²) in [4.78, 5) is 22.4. The van der Waals surface area contributed by atoms with Gasteiger partial charge in [-0.3, -0.25) is 9.59 Å². The molecular weight excluding hydrogens is 317 g/mol. The first-order chi connectivity index (χ1) is 9.86. The molecule has 1 rings (SSSR count). The van der Waals surface area contributed by atoms with Crippen molar-refractivity contribution < 1.29 is 14.7 Å². The van der Waals surface area contributed by atoms with Gasteiger partial charge in [0.25, 0.3) is 5.91 Å². The highest BCUT2D eigenvalue weighted by molar-refractivity contribution is 6.39. The number of nitrogens with one attached hydrogen (secondary N) is 2. The maximum atomic E-state index is 11.7. The lowest BCUT2D eigenvalue weighted by Crippen LogP contribution is -2.39. The third kappa shape index (κ3) is 4.67. The van der Waals surface area contributed by atoms with E-state index in [4.69, 9.17) is 33.6 Å². The first kappa shape index (κ1) is 16.8. The molecule has 6 nitrogen and oxygen atoms in total. The van der Waals surface area contributed by atoms with E-state index in [0.29, 0.717) is 15.7 Å². The highest BCUT2D eigenvalue weighted by Gasteiger charge is 2.17. The molecule has 0 aliphatic heterocycles. The molecule has 1 amide bonds. The molecule has 0 saturated carbocycles. The Hall–Kier alpha value is -2.23. The number of carboxylic acids is 1. The number of carbonyl (C=O) groups is 2. The fraction of sp³-hybridized carbons (Fsp3) is 0.154. The molecule has 0 radical (unpaired) electrons. The minimum Gasteiger partial charge on any atom is -0.480 e. The van der Waals surface area contributed by atoms with Gasteiger partial charge in [0, 0.05) is 6.20 Å². The van der Waals surface area contributed by atoms with Crippen molar-refractivity contribution in [3.8, 4) is 6.07 Å². The van der Waals surface area contributed by atoms with Crippen molar-refractivity contribution in [2.45, 2.75) is 13.0 Å². The average Bonchev–Trinajstić information content (AvgIpc) is 2.42. The van der Waals surface area contributed by atoms with E-state index < -0.39 is 17.9 Å². The lowest BCUT2D eigenvalue weighted by molar-refractivity contribution is -0.140. The quantitative estimate of drug-likeness (QED) is 0.569. The Bertz CT molecular complexity index is 618. The molecule has 0 bridgehead atoms. The van der Waals surface area contributed by atoms with Crippen LogP contribution >= 0.6 is 23.2 Å². The van der Waals surface area contributed by atoms with Gasteiger partial charge >= 0.3 is 5.97 Å². The van der Waals surface area contributed by atoms with Crippen LogP contribution in [0.15, 0.2) is 30.0 Å². The third-order valence-electron chi connectivity index (χ3n) is 2.41. The highest BCUT2D eigenvalue weighted by Crippen LogP contribution is 2.29. The van der Waals surface area contributed by atoms with Gasteiger partial charge in [-0.1, -0.05) is 29.3 Å². The van der Waals surface area contributed by atoms with Crippen LogP contribution in [0.1, 0.15) is 6.92 Å². The van der Waals surface area contributed by atoms with Crippen molar-refractivity contribution in [3.05, 3.63) is 40.0 Å². The topological polar surface area (TPSA) is 102 Å².